The Kier molecular flexibility index (Phi) is 16.0. The molecular formula is C45H61F3N8O6S2. The molecule has 2 aliphatic rings. The van der Waals surface area contributed by atoms with Gasteiger partial charge in [-0.3, -0.25) is 4.72 Å². The van der Waals surface area contributed by atoms with Crippen LogP contribution in [0.5, 0.6) is 0 Å². The summed E-state index contributed by atoms with van der Waals surface area (Å²) in [7, 11) is -4.83. The second-order valence-electron chi connectivity index (χ2n) is 18.9. The van der Waals surface area contributed by atoms with Gasteiger partial charge in [-0.25, -0.2) is 46.1 Å². The molecule has 2 aromatic heterocycles. The lowest BCUT2D eigenvalue weighted by molar-refractivity contribution is 0.0246. The van der Waals surface area contributed by atoms with Crippen molar-refractivity contribution in [2.24, 2.45) is 5.73 Å². The maximum Gasteiger partial charge on any atom is 0.410 e. The van der Waals surface area contributed by atoms with Crippen LogP contribution in [0.1, 0.15) is 106 Å². The van der Waals surface area contributed by atoms with Gasteiger partial charge in [0.25, 0.3) is 10.0 Å². The SMILES string of the molecule is CC(C)(C)OC(=O)N1CCCC(N)CC1.CC(C)(C)OC(=O)N1CCCC(Nc2nccc(-c3sc(C(C)(C)C)nc3-c3cccc(NS(=O)(=O)c4c(F)cccc4F)c3F)n2)CC1. The Morgan fingerprint density at radius 3 is 1.95 bits per heavy atom. The molecule has 6 rings (SSSR count). The Morgan fingerprint density at radius 1 is 0.781 bits per heavy atom. The number of likely N-dealkylation sites (tertiary alicyclic amines) is 2. The van der Waals surface area contributed by atoms with Crippen LogP contribution in [-0.2, 0) is 24.9 Å². The number of hydrogen-bond donors (Lipinski definition) is 3. The van der Waals surface area contributed by atoms with Gasteiger partial charge < -0.3 is 30.3 Å². The second kappa shape index (κ2) is 20.4. The van der Waals surface area contributed by atoms with Crippen molar-refractivity contribution in [3.8, 4) is 21.8 Å². The molecule has 0 saturated carbocycles. The van der Waals surface area contributed by atoms with Crippen LogP contribution in [0.4, 0.5) is 34.4 Å². The van der Waals surface area contributed by atoms with Crippen molar-refractivity contribution in [1.82, 2.24) is 24.8 Å². The monoisotopic (exact) mass is 930 g/mol. The Bertz CT molecular complexity index is 2360. The van der Waals surface area contributed by atoms with Gasteiger partial charge in [0, 0.05) is 55.4 Å². The maximum atomic E-state index is 16.2. The molecule has 2 fully saturated rings. The molecule has 2 aliphatic heterocycles. The van der Waals surface area contributed by atoms with Crippen LogP contribution < -0.4 is 15.8 Å². The fourth-order valence-electron chi connectivity index (χ4n) is 6.84. The Morgan fingerprint density at radius 2 is 1.36 bits per heavy atom. The van der Waals surface area contributed by atoms with E-state index in [1.807, 2.05) is 67.0 Å². The zero-order chi connectivity index (χ0) is 47.2. The number of aromatic nitrogens is 3. The zero-order valence-electron chi connectivity index (χ0n) is 38.1. The number of ether oxygens (including phenoxy) is 2. The Labute approximate surface area is 378 Å². The van der Waals surface area contributed by atoms with E-state index in [0.29, 0.717) is 41.0 Å². The molecule has 4 heterocycles. The first-order valence-electron chi connectivity index (χ1n) is 21.4. The topological polar surface area (TPSA) is 182 Å². The van der Waals surface area contributed by atoms with Crippen molar-refractivity contribution in [3.05, 3.63) is 71.1 Å². The van der Waals surface area contributed by atoms with Crippen LogP contribution in [-0.4, -0.2) is 94.8 Å². The number of hydrogen-bond acceptors (Lipinski definition) is 12. The van der Waals surface area contributed by atoms with E-state index in [4.69, 9.17) is 25.2 Å². The van der Waals surface area contributed by atoms with Crippen molar-refractivity contribution in [3.63, 3.8) is 0 Å². The number of amides is 2. The average Bonchev–Trinajstić information content (AvgIpc) is 3.33. The number of carbonyl (C=O) groups is 2. The summed E-state index contributed by atoms with van der Waals surface area (Å²) >= 11 is 1.32. The molecule has 19 heteroatoms. The lowest BCUT2D eigenvalue weighted by atomic mass is 9.98. The minimum atomic E-state index is -4.83. The number of halogens is 3. The van der Waals surface area contributed by atoms with E-state index in [1.54, 1.807) is 22.1 Å². The van der Waals surface area contributed by atoms with Crippen molar-refractivity contribution in [1.29, 1.82) is 0 Å². The Hall–Kier alpha value is -5.01. The van der Waals surface area contributed by atoms with Gasteiger partial charge in [0.1, 0.15) is 22.8 Å². The van der Waals surface area contributed by atoms with Gasteiger partial charge in [0.15, 0.2) is 10.7 Å². The van der Waals surface area contributed by atoms with Crippen LogP contribution in [0.3, 0.4) is 0 Å². The molecule has 4 aromatic rings. The molecule has 350 valence electrons. The molecule has 14 nitrogen and oxygen atoms in total. The van der Waals surface area contributed by atoms with E-state index < -0.39 is 54.7 Å². The summed E-state index contributed by atoms with van der Waals surface area (Å²) in [5.74, 6) is -3.25. The smallest absolute Gasteiger partial charge is 0.410 e. The fraction of sp³-hybridized carbons (Fsp3) is 0.533. The van der Waals surface area contributed by atoms with E-state index in [9.17, 15) is 26.8 Å². The first-order chi connectivity index (χ1) is 29.8. The molecular weight excluding hydrogens is 870 g/mol. The first-order valence-corrected chi connectivity index (χ1v) is 23.7. The largest absolute Gasteiger partial charge is 0.444 e. The van der Waals surface area contributed by atoms with Gasteiger partial charge >= 0.3 is 12.2 Å². The highest BCUT2D eigenvalue weighted by molar-refractivity contribution is 7.92. The summed E-state index contributed by atoms with van der Waals surface area (Å²) in [5, 5.41) is 4.05. The summed E-state index contributed by atoms with van der Waals surface area (Å²) in [4.78, 5) is 41.1. The third-order valence-corrected chi connectivity index (χ3v) is 12.9. The van der Waals surface area contributed by atoms with E-state index >= 15 is 4.39 Å². The van der Waals surface area contributed by atoms with E-state index in [2.05, 4.69) is 10.3 Å². The zero-order valence-corrected chi connectivity index (χ0v) is 39.7. The molecule has 4 N–H and O–H groups in total. The van der Waals surface area contributed by atoms with Gasteiger partial charge in [0.2, 0.25) is 5.95 Å². The summed E-state index contributed by atoms with van der Waals surface area (Å²) in [6.07, 6.45) is 6.05. The van der Waals surface area contributed by atoms with Gasteiger partial charge in [-0.1, -0.05) is 32.9 Å². The van der Waals surface area contributed by atoms with Crippen LogP contribution in [0.2, 0.25) is 0 Å². The number of nitrogens with one attached hydrogen (secondary N) is 2. The van der Waals surface area contributed by atoms with Crippen LogP contribution in [0.25, 0.3) is 21.8 Å². The molecule has 0 bridgehead atoms. The lowest BCUT2D eigenvalue weighted by Crippen LogP contribution is -2.37. The van der Waals surface area contributed by atoms with Gasteiger partial charge in [0.05, 0.1) is 27.0 Å². The number of thiazole rings is 1. The Balaban J connectivity index is 0.000000435. The van der Waals surface area contributed by atoms with E-state index in [0.717, 1.165) is 69.5 Å². The number of benzene rings is 2. The molecule has 0 spiro atoms. The minimum absolute atomic E-state index is 0.0183. The van der Waals surface area contributed by atoms with Crippen molar-refractivity contribution >= 4 is 45.2 Å². The highest BCUT2D eigenvalue weighted by atomic mass is 32.2. The highest BCUT2D eigenvalue weighted by Crippen LogP contribution is 2.42. The first kappa shape index (κ1) is 50.0. The van der Waals surface area contributed by atoms with E-state index in [-0.39, 0.29) is 35.5 Å². The van der Waals surface area contributed by atoms with Crippen LogP contribution >= 0.6 is 11.3 Å². The second-order valence-corrected chi connectivity index (χ2v) is 21.6. The molecule has 64 heavy (non-hydrogen) atoms. The standard InChI is InChI=1S/C34H39F3N6O4S2.C11H22N2O2/c1-33(2,3)30-41-27(21-11-7-14-24(26(21)37)42-49(45,46)29-22(35)12-8-13-23(29)36)28(48-30)25-15-17-38-31(40-25)39-20-10-9-18-43(19-16-20)32(44)47-34(4,5)6;1-11(2,3)15-10(14)13-7-4-5-9(12)6-8-13/h7-8,11-15,17,20,42H,9-10,16,18-19H2,1-6H3,(H,38,39,40);9H,4-8,12H2,1-3H3. The quantitative estimate of drug-likeness (QED) is 0.160. The molecule has 2 unspecified atom stereocenters. The third kappa shape index (κ3) is 13.7. The normalized spacial score (nSPS) is 17.6. The highest BCUT2D eigenvalue weighted by Gasteiger charge is 2.30. The molecule has 0 aliphatic carbocycles. The van der Waals surface area contributed by atoms with Crippen molar-refractivity contribution < 1.29 is 40.7 Å². The number of carbonyl (C=O) groups excluding carboxylic acids is 2. The summed E-state index contributed by atoms with van der Waals surface area (Å²) in [5.41, 5.74) is 4.57. The fourth-order valence-corrected chi connectivity index (χ4v) is 9.15. The summed E-state index contributed by atoms with van der Waals surface area (Å²) in [6.45, 7) is 19.6. The van der Waals surface area contributed by atoms with Crippen LogP contribution in [0.15, 0.2) is 53.6 Å². The summed E-state index contributed by atoms with van der Waals surface area (Å²) in [6, 6.07) is 8.57. The molecule has 2 saturated heterocycles. The average molecular weight is 931 g/mol. The molecule has 2 amide bonds. The van der Waals surface area contributed by atoms with Gasteiger partial charge in [-0.15, -0.1) is 11.3 Å². The van der Waals surface area contributed by atoms with Crippen LogP contribution in [0, 0.1) is 17.5 Å². The maximum absolute atomic E-state index is 16.2. The number of rotatable bonds is 7. The number of nitrogens with two attached hydrogens (primary N) is 1. The van der Waals surface area contributed by atoms with E-state index in [1.165, 1.54) is 23.5 Å². The minimum Gasteiger partial charge on any atom is -0.444 e. The molecule has 2 aromatic carbocycles. The predicted molar refractivity (Wildman–Crippen MR) is 243 cm³/mol. The lowest BCUT2D eigenvalue weighted by Gasteiger charge is -2.26. The molecule has 0 radical (unpaired) electrons. The van der Waals surface area contributed by atoms with Gasteiger partial charge in [-0.2, -0.15) is 0 Å². The third-order valence-electron chi connectivity index (χ3n) is 9.98. The molecule has 2 atom stereocenters. The predicted octanol–water partition coefficient (Wildman–Crippen LogP) is 9.72. The van der Waals surface area contributed by atoms with Crippen molar-refractivity contribution in [2.75, 3.05) is 36.2 Å². The number of nitrogens with zero attached hydrogens (tertiary/aromatic N) is 5. The number of anilines is 2. The number of sulfonamides is 1. The summed E-state index contributed by atoms with van der Waals surface area (Å²) < 4.78 is 83.7. The van der Waals surface area contributed by atoms with Gasteiger partial charge in [-0.05, 0) is 110 Å². The van der Waals surface area contributed by atoms with Crippen molar-refractivity contribution in [2.45, 2.75) is 134 Å².